The molecular weight excluding hydrogens is 486 g/mol. The summed E-state index contributed by atoms with van der Waals surface area (Å²) in [7, 11) is 1.28. The Bertz CT molecular complexity index is 1290. The van der Waals surface area contributed by atoms with E-state index < -0.39 is 17.5 Å². The molecule has 1 atom stereocenters. The van der Waals surface area contributed by atoms with Crippen LogP contribution in [-0.4, -0.2) is 24.1 Å². The molecule has 0 fully saturated rings. The molecule has 1 amide bonds. The van der Waals surface area contributed by atoms with Crippen molar-refractivity contribution in [3.8, 4) is 5.75 Å². The zero-order chi connectivity index (χ0) is 28.1. The van der Waals surface area contributed by atoms with Gasteiger partial charge in [0.1, 0.15) is 28.4 Å². The van der Waals surface area contributed by atoms with Gasteiger partial charge in [-0.25, -0.2) is 9.59 Å². The molecule has 38 heavy (non-hydrogen) atoms. The number of aromatic hydroxyl groups is 1. The minimum absolute atomic E-state index is 0.0860. The van der Waals surface area contributed by atoms with Gasteiger partial charge in [0.25, 0.3) is 0 Å². The van der Waals surface area contributed by atoms with Crippen molar-refractivity contribution in [2.24, 2.45) is 0 Å². The van der Waals surface area contributed by atoms with Crippen LogP contribution in [0.3, 0.4) is 0 Å². The van der Waals surface area contributed by atoms with Crippen LogP contribution < -0.4 is 10.9 Å². The summed E-state index contributed by atoms with van der Waals surface area (Å²) in [6.07, 6.45) is 8.03. The van der Waals surface area contributed by atoms with Gasteiger partial charge in [0.05, 0.1) is 7.11 Å². The fourth-order valence-corrected chi connectivity index (χ4v) is 3.97. The van der Waals surface area contributed by atoms with Gasteiger partial charge < -0.3 is 18.7 Å². The van der Waals surface area contributed by atoms with Gasteiger partial charge in [-0.05, 0) is 49.8 Å². The lowest BCUT2D eigenvalue weighted by Crippen LogP contribution is -2.16. The molecule has 2 aromatic heterocycles. The number of nitrogens with one attached hydrogen (secondary N) is 1. The Hall–Kier alpha value is -3.81. The van der Waals surface area contributed by atoms with Crippen LogP contribution in [0.15, 0.2) is 56.2 Å². The molecule has 8 nitrogen and oxygen atoms in total. The largest absolute Gasteiger partial charge is 0.507 e. The van der Waals surface area contributed by atoms with E-state index in [2.05, 4.69) is 48.2 Å². The topological polar surface area (TPSA) is 119 Å². The van der Waals surface area contributed by atoms with Gasteiger partial charge in [-0.3, -0.25) is 10.1 Å². The van der Waals surface area contributed by atoms with E-state index in [-0.39, 0.29) is 23.7 Å². The number of carbonyl (C=O) groups excluding carboxylic acids is 2. The third kappa shape index (κ3) is 8.64. The molecule has 2 N–H and O–H groups in total. The second-order valence-electron chi connectivity index (χ2n) is 8.88. The van der Waals surface area contributed by atoms with Crippen molar-refractivity contribution in [3.05, 3.63) is 75.7 Å². The number of aryl methyl sites for hydroxylation is 2. The van der Waals surface area contributed by atoms with Crippen LogP contribution in [0.25, 0.3) is 11.0 Å². The Balaban J connectivity index is 0.000000304. The molecule has 1 aromatic carbocycles. The Kier molecular flexibility index (Phi) is 12.4. The van der Waals surface area contributed by atoms with E-state index in [0.717, 1.165) is 30.6 Å². The molecule has 0 saturated carbocycles. The summed E-state index contributed by atoms with van der Waals surface area (Å²) in [6, 6.07) is 9.96. The molecule has 0 aliphatic carbocycles. The van der Waals surface area contributed by atoms with E-state index in [9.17, 15) is 19.5 Å². The number of methoxy groups -OCH3 is 1. The van der Waals surface area contributed by atoms with Crippen molar-refractivity contribution < 1.29 is 28.3 Å². The summed E-state index contributed by atoms with van der Waals surface area (Å²) in [5.74, 6) is 0.585. The summed E-state index contributed by atoms with van der Waals surface area (Å²) in [6.45, 7) is 7.88. The average Bonchev–Trinajstić information content (AvgIpc) is 3.32. The van der Waals surface area contributed by atoms with Crippen molar-refractivity contribution in [2.45, 2.75) is 78.6 Å². The second-order valence-corrected chi connectivity index (χ2v) is 8.88. The molecule has 206 valence electrons. The number of allylic oxidation sites excluding steroid dienone is 1. The standard InChI is InChI=1S/C17H23NO6.C13H16O/c1-4-11(8-6-7-9-18-17(22)23-3)14-10-13(20)15(12(19)5-2)16(21)24-14;1-3-5-12-9-11-7-6-10(4-2)8-13(11)14-12/h7,9-11,20H,4-6,8H2,1-3H3,(H,18,22);6-9H,3-5H2,1-2H3/b9-7+;. The van der Waals surface area contributed by atoms with Crippen molar-refractivity contribution in [2.75, 3.05) is 7.11 Å². The van der Waals surface area contributed by atoms with Gasteiger partial charge in [0.2, 0.25) is 0 Å². The second kappa shape index (κ2) is 15.4. The highest BCUT2D eigenvalue weighted by molar-refractivity contribution is 5.97. The third-order valence-electron chi connectivity index (χ3n) is 6.17. The maximum absolute atomic E-state index is 11.9. The number of hydrogen-bond donors (Lipinski definition) is 2. The fraction of sp³-hybridized carbons (Fsp3) is 0.433. The van der Waals surface area contributed by atoms with Gasteiger partial charge in [-0.15, -0.1) is 0 Å². The van der Waals surface area contributed by atoms with Gasteiger partial charge in [-0.2, -0.15) is 0 Å². The molecule has 2 heterocycles. The number of furan rings is 1. The predicted octanol–water partition coefficient (Wildman–Crippen LogP) is 7.03. The Morgan fingerprint density at radius 2 is 1.87 bits per heavy atom. The molecule has 0 aliphatic rings. The molecule has 1 unspecified atom stereocenters. The van der Waals surface area contributed by atoms with E-state index in [1.165, 1.54) is 30.3 Å². The smallest absolute Gasteiger partial charge is 0.410 e. The Morgan fingerprint density at radius 1 is 1.11 bits per heavy atom. The van der Waals surface area contributed by atoms with Crippen molar-refractivity contribution in [3.63, 3.8) is 0 Å². The molecule has 3 aromatic rings. The van der Waals surface area contributed by atoms with Gasteiger partial charge in [-0.1, -0.05) is 45.9 Å². The van der Waals surface area contributed by atoms with Gasteiger partial charge in [0.15, 0.2) is 5.78 Å². The quantitative estimate of drug-likeness (QED) is 0.258. The lowest BCUT2D eigenvalue weighted by atomic mass is 9.96. The van der Waals surface area contributed by atoms with E-state index in [0.29, 0.717) is 25.0 Å². The van der Waals surface area contributed by atoms with E-state index in [4.69, 9.17) is 8.83 Å². The van der Waals surface area contributed by atoms with Crippen LogP contribution in [-0.2, 0) is 17.6 Å². The number of ketones is 1. The first-order valence-electron chi connectivity index (χ1n) is 13.2. The predicted molar refractivity (Wildman–Crippen MR) is 148 cm³/mol. The maximum atomic E-state index is 11.9. The minimum atomic E-state index is -0.807. The SMILES string of the molecule is CCC(=O)c1c(O)cc(C(CC)CC/C=C/NC(=O)OC)oc1=O.CCCc1cc2ccc(CC)cc2o1. The van der Waals surface area contributed by atoms with Crippen LogP contribution in [0.4, 0.5) is 4.79 Å². The van der Waals surface area contributed by atoms with Crippen LogP contribution in [0, 0.1) is 0 Å². The summed E-state index contributed by atoms with van der Waals surface area (Å²) in [5, 5.41) is 13.6. The number of hydrogen-bond acceptors (Lipinski definition) is 7. The first-order chi connectivity index (χ1) is 18.3. The van der Waals surface area contributed by atoms with E-state index in [1.54, 1.807) is 13.0 Å². The highest BCUT2D eigenvalue weighted by atomic mass is 16.5. The molecule has 0 spiro atoms. The van der Waals surface area contributed by atoms with E-state index >= 15 is 0 Å². The van der Waals surface area contributed by atoms with Crippen molar-refractivity contribution in [1.82, 2.24) is 5.32 Å². The Morgan fingerprint density at radius 3 is 2.47 bits per heavy atom. The summed E-state index contributed by atoms with van der Waals surface area (Å²) < 4.78 is 15.4. The molecule has 0 saturated heterocycles. The number of rotatable bonds is 11. The highest BCUT2D eigenvalue weighted by Crippen LogP contribution is 2.28. The van der Waals surface area contributed by atoms with Crippen molar-refractivity contribution >= 4 is 22.8 Å². The van der Waals surface area contributed by atoms with Crippen LogP contribution in [0.2, 0.25) is 0 Å². The number of Topliss-reactive ketones (excluding diaryl/α,β-unsaturated/α-hetero) is 1. The lowest BCUT2D eigenvalue weighted by Gasteiger charge is -2.13. The molecule has 0 bridgehead atoms. The van der Waals surface area contributed by atoms with Crippen LogP contribution in [0.5, 0.6) is 5.75 Å². The first-order valence-corrected chi connectivity index (χ1v) is 13.2. The number of fused-ring (bicyclic) bond motifs is 1. The molecular formula is C30H39NO7. The lowest BCUT2D eigenvalue weighted by molar-refractivity contribution is 0.0980. The molecule has 0 aliphatic heterocycles. The average molecular weight is 526 g/mol. The third-order valence-corrected chi connectivity index (χ3v) is 6.17. The summed E-state index contributed by atoms with van der Waals surface area (Å²) in [5.41, 5.74) is 1.28. The van der Waals surface area contributed by atoms with Gasteiger partial charge in [0, 0.05) is 36.4 Å². The molecule has 0 radical (unpaired) electrons. The van der Waals surface area contributed by atoms with Crippen LogP contribution >= 0.6 is 0 Å². The monoisotopic (exact) mass is 525 g/mol. The number of carbonyl (C=O) groups is 2. The highest BCUT2D eigenvalue weighted by Gasteiger charge is 2.20. The number of benzene rings is 1. The maximum Gasteiger partial charge on any atom is 0.410 e. The number of ether oxygens (including phenoxy) is 1. The molecule has 3 rings (SSSR count). The molecule has 8 heteroatoms. The Labute approximate surface area is 223 Å². The van der Waals surface area contributed by atoms with Crippen LogP contribution in [0.1, 0.15) is 93.2 Å². The van der Waals surface area contributed by atoms with E-state index in [1.807, 2.05) is 6.92 Å². The van der Waals surface area contributed by atoms with Gasteiger partial charge >= 0.3 is 11.7 Å². The first kappa shape index (κ1) is 30.4. The summed E-state index contributed by atoms with van der Waals surface area (Å²) in [4.78, 5) is 34.5. The van der Waals surface area contributed by atoms with Crippen molar-refractivity contribution in [1.29, 1.82) is 0 Å². The number of alkyl carbamates (subject to hydrolysis) is 1. The zero-order valence-electron chi connectivity index (χ0n) is 23.0. The zero-order valence-corrected chi connectivity index (χ0v) is 23.0. The summed E-state index contributed by atoms with van der Waals surface area (Å²) >= 11 is 0. The fourth-order valence-electron chi connectivity index (χ4n) is 3.97. The number of amides is 1. The minimum Gasteiger partial charge on any atom is -0.507 e. The normalized spacial score (nSPS) is 11.7.